The monoisotopic (exact) mass is 218 g/mol. The Hall–Kier alpha value is -1.51. The summed E-state index contributed by atoms with van der Waals surface area (Å²) in [6.07, 6.45) is 3.53. The predicted octanol–water partition coefficient (Wildman–Crippen LogP) is 2.35. The molecule has 3 heteroatoms. The third kappa shape index (κ3) is 2.35. The number of hydrogen-bond donors (Lipinski definition) is 1. The second kappa shape index (κ2) is 5.01. The van der Waals surface area contributed by atoms with Crippen molar-refractivity contribution < 1.29 is 4.79 Å². The molecule has 2 rings (SSSR count). The van der Waals surface area contributed by atoms with Crippen LogP contribution in [0.15, 0.2) is 24.3 Å². The lowest BCUT2D eigenvalue weighted by molar-refractivity contribution is 0.0724. The minimum absolute atomic E-state index is 0.169. The van der Waals surface area contributed by atoms with Gasteiger partial charge in [-0.1, -0.05) is 0 Å². The fourth-order valence-corrected chi connectivity index (χ4v) is 2.06. The number of hydrogen-bond acceptors (Lipinski definition) is 2. The van der Waals surface area contributed by atoms with Gasteiger partial charge in [0.2, 0.25) is 0 Å². The summed E-state index contributed by atoms with van der Waals surface area (Å²) in [7, 11) is 1.88. The largest absolute Gasteiger partial charge is 0.388 e. The molecule has 0 aliphatic carbocycles. The lowest BCUT2D eigenvalue weighted by atomic mass is 10.1. The van der Waals surface area contributed by atoms with Gasteiger partial charge < -0.3 is 10.2 Å². The van der Waals surface area contributed by atoms with Gasteiger partial charge in [-0.05, 0) is 43.5 Å². The second-order valence-corrected chi connectivity index (χ2v) is 4.18. The van der Waals surface area contributed by atoms with Crippen molar-refractivity contribution in [2.24, 2.45) is 0 Å². The molecule has 3 nitrogen and oxygen atoms in total. The van der Waals surface area contributed by atoms with Crippen molar-refractivity contribution in [3.8, 4) is 0 Å². The van der Waals surface area contributed by atoms with Crippen LogP contribution in [0, 0.1) is 0 Å². The van der Waals surface area contributed by atoms with Gasteiger partial charge in [0.05, 0.1) is 0 Å². The Morgan fingerprint density at radius 1 is 1.12 bits per heavy atom. The highest BCUT2D eigenvalue weighted by atomic mass is 16.2. The number of benzene rings is 1. The molecule has 1 amide bonds. The van der Waals surface area contributed by atoms with Crippen LogP contribution in [0.3, 0.4) is 0 Å². The van der Waals surface area contributed by atoms with Gasteiger partial charge in [0.1, 0.15) is 0 Å². The van der Waals surface area contributed by atoms with E-state index in [1.54, 1.807) is 0 Å². The van der Waals surface area contributed by atoms with E-state index in [4.69, 9.17) is 0 Å². The van der Waals surface area contributed by atoms with Crippen LogP contribution in [0.5, 0.6) is 0 Å². The van der Waals surface area contributed by atoms with E-state index in [0.717, 1.165) is 37.2 Å². The Bertz CT molecular complexity index is 353. The molecule has 1 aliphatic rings. The molecule has 0 saturated carbocycles. The number of anilines is 1. The predicted molar refractivity (Wildman–Crippen MR) is 65.7 cm³/mol. The molecular formula is C13H18N2O. The van der Waals surface area contributed by atoms with E-state index in [9.17, 15) is 4.79 Å². The van der Waals surface area contributed by atoms with Crippen LogP contribution in [0.25, 0.3) is 0 Å². The summed E-state index contributed by atoms with van der Waals surface area (Å²) in [6, 6.07) is 7.67. The molecule has 86 valence electrons. The Labute approximate surface area is 96.5 Å². The lowest BCUT2D eigenvalue weighted by Gasteiger charge is -2.26. The fourth-order valence-electron chi connectivity index (χ4n) is 2.06. The number of amides is 1. The standard InChI is InChI=1S/C13H18N2O/c1-14-12-7-5-11(6-8-12)13(16)15-9-3-2-4-10-15/h5-8,14H,2-4,9-10H2,1H3. The topological polar surface area (TPSA) is 32.3 Å². The maximum Gasteiger partial charge on any atom is 0.253 e. The van der Waals surface area contributed by atoms with Gasteiger partial charge in [-0.3, -0.25) is 4.79 Å². The van der Waals surface area contributed by atoms with Gasteiger partial charge in [0, 0.05) is 31.4 Å². The summed E-state index contributed by atoms with van der Waals surface area (Å²) in [5.74, 6) is 0.169. The molecule has 0 spiro atoms. The highest BCUT2D eigenvalue weighted by Crippen LogP contribution is 2.15. The molecule has 1 aromatic rings. The first-order valence-corrected chi connectivity index (χ1v) is 5.88. The molecular weight excluding hydrogens is 200 g/mol. The molecule has 0 bridgehead atoms. The van der Waals surface area contributed by atoms with Crippen LogP contribution in [-0.2, 0) is 0 Å². The molecule has 0 atom stereocenters. The SMILES string of the molecule is CNc1ccc(C(=O)N2CCCCC2)cc1. The maximum absolute atomic E-state index is 12.1. The highest BCUT2D eigenvalue weighted by molar-refractivity contribution is 5.94. The summed E-state index contributed by atoms with van der Waals surface area (Å²) in [5, 5.41) is 3.05. The molecule has 0 unspecified atom stereocenters. The van der Waals surface area contributed by atoms with Gasteiger partial charge in [0.15, 0.2) is 0 Å². The van der Waals surface area contributed by atoms with Crippen LogP contribution in [-0.4, -0.2) is 30.9 Å². The first-order valence-electron chi connectivity index (χ1n) is 5.88. The summed E-state index contributed by atoms with van der Waals surface area (Å²) >= 11 is 0. The van der Waals surface area contributed by atoms with Crippen molar-refractivity contribution >= 4 is 11.6 Å². The van der Waals surface area contributed by atoms with E-state index in [2.05, 4.69) is 5.32 Å². The molecule has 1 aromatic carbocycles. The Morgan fingerprint density at radius 3 is 2.31 bits per heavy atom. The molecule has 0 aromatic heterocycles. The van der Waals surface area contributed by atoms with Gasteiger partial charge in [0.25, 0.3) is 5.91 Å². The number of rotatable bonds is 2. The van der Waals surface area contributed by atoms with Gasteiger partial charge >= 0.3 is 0 Å². The van der Waals surface area contributed by atoms with Gasteiger partial charge in [-0.25, -0.2) is 0 Å². The van der Waals surface area contributed by atoms with Crippen molar-refractivity contribution in [2.75, 3.05) is 25.5 Å². The second-order valence-electron chi connectivity index (χ2n) is 4.18. The quantitative estimate of drug-likeness (QED) is 0.826. The lowest BCUT2D eigenvalue weighted by Crippen LogP contribution is -2.35. The van der Waals surface area contributed by atoms with E-state index < -0.39 is 0 Å². The number of likely N-dealkylation sites (tertiary alicyclic amines) is 1. The van der Waals surface area contributed by atoms with Crippen LogP contribution >= 0.6 is 0 Å². The third-order valence-electron chi connectivity index (χ3n) is 3.06. The van der Waals surface area contributed by atoms with Gasteiger partial charge in [-0.2, -0.15) is 0 Å². The Morgan fingerprint density at radius 2 is 1.75 bits per heavy atom. The number of nitrogens with one attached hydrogen (secondary N) is 1. The average molecular weight is 218 g/mol. The summed E-state index contributed by atoms with van der Waals surface area (Å²) in [4.78, 5) is 14.1. The van der Waals surface area contributed by atoms with Crippen LogP contribution in [0.1, 0.15) is 29.6 Å². The van der Waals surface area contributed by atoms with Crippen LogP contribution in [0.2, 0.25) is 0 Å². The van der Waals surface area contributed by atoms with Crippen molar-refractivity contribution in [1.82, 2.24) is 4.90 Å². The highest BCUT2D eigenvalue weighted by Gasteiger charge is 2.17. The number of carbonyl (C=O) groups excluding carboxylic acids is 1. The maximum atomic E-state index is 12.1. The number of piperidine rings is 1. The summed E-state index contributed by atoms with van der Waals surface area (Å²) in [5.41, 5.74) is 1.83. The molecule has 1 saturated heterocycles. The minimum Gasteiger partial charge on any atom is -0.388 e. The zero-order valence-corrected chi connectivity index (χ0v) is 9.70. The van der Waals surface area contributed by atoms with Crippen LogP contribution in [0.4, 0.5) is 5.69 Å². The Balaban J connectivity index is 2.07. The summed E-state index contributed by atoms with van der Waals surface area (Å²) < 4.78 is 0. The molecule has 1 N–H and O–H groups in total. The average Bonchev–Trinajstić information content (AvgIpc) is 2.39. The van der Waals surface area contributed by atoms with E-state index >= 15 is 0 Å². The number of carbonyl (C=O) groups is 1. The van der Waals surface area contributed by atoms with E-state index in [1.165, 1.54) is 6.42 Å². The normalized spacial score (nSPS) is 15.9. The minimum atomic E-state index is 0.169. The fraction of sp³-hybridized carbons (Fsp3) is 0.462. The van der Waals surface area contributed by atoms with Crippen molar-refractivity contribution in [2.45, 2.75) is 19.3 Å². The first kappa shape index (κ1) is 11.0. The van der Waals surface area contributed by atoms with Crippen molar-refractivity contribution in [3.63, 3.8) is 0 Å². The molecule has 1 aliphatic heterocycles. The molecule has 1 heterocycles. The van der Waals surface area contributed by atoms with Crippen LogP contribution < -0.4 is 5.32 Å². The third-order valence-corrected chi connectivity index (χ3v) is 3.06. The molecule has 16 heavy (non-hydrogen) atoms. The first-order chi connectivity index (χ1) is 7.81. The summed E-state index contributed by atoms with van der Waals surface area (Å²) in [6.45, 7) is 1.82. The van der Waals surface area contributed by atoms with E-state index in [1.807, 2.05) is 36.2 Å². The zero-order chi connectivity index (χ0) is 11.4. The smallest absolute Gasteiger partial charge is 0.253 e. The van der Waals surface area contributed by atoms with Crippen molar-refractivity contribution in [1.29, 1.82) is 0 Å². The van der Waals surface area contributed by atoms with E-state index in [0.29, 0.717) is 0 Å². The van der Waals surface area contributed by atoms with E-state index in [-0.39, 0.29) is 5.91 Å². The Kier molecular flexibility index (Phi) is 3.44. The van der Waals surface area contributed by atoms with Gasteiger partial charge in [-0.15, -0.1) is 0 Å². The van der Waals surface area contributed by atoms with Crippen molar-refractivity contribution in [3.05, 3.63) is 29.8 Å². The number of nitrogens with zero attached hydrogens (tertiary/aromatic N) is 1. The molecule has 1 fully saturated rings. The zero-order valence-electron chi connectivity index (χ0n) is 9.70. The molecule has 0 radical (unpaired) electrons.